The number of hydrogen-bond donors (Lipinski definition) is 1. The van der Waals surface area contributed by atoms with Crippen molar-refractivity contribution in [1.29, 1.82) is 0 Å². The predicted molar refractivity (Wildman–Crippen MR) is 74.4 cm³/mol. The molecule has 0 spiro atoms. The van der Waals surface area contributed by atoms with Crippen LogP contribution in [0.3, 0.4) is 0 Å². The lowest BCUT2D eigenvalue weighted by atomic mass is 10.1. The van der Waals surface area contributed by atoms with Gasteiger partial charge >= 0.3 is 5.97 Å². The van der Waals surface area contributed by atoms with Crippen LogP contribution in [0.5, 0.6) is 0 Å². The van der Waals surface area contributed by atoms with Crippen molar-refractivity contribution >= 4 is 21.7 Å². The number of hydrogen-bond acceptors (Lipinski definition) is 4. The molecule has 8 heteroatoms. The van der Waals surface area contributed by atoms with Crippen molar-refractivity contribution in [3.8, 4) is 0 Å². The Morgan fingerprint density at radius 3 is 2.67 bits per heavy atom. The van der Waals surface area contributed by atoms with Crippen molar-refractivity contribution in [1.82, 2.24) is 9.78 Å². The number of fused-ring (bicyclic) bond motifs is 1. The lowest BCUT2D eigenvalue weighted by Crippen LogP contribution is -2.43. The quantitative estimate of drug-likeness (QED) is 0.897. The molecule has 0 fully saturated rings. The van der Waals surface area contributed by atoms with Crippen molar-refractivity contribution in [2.24, 2.45) is 7.05 Å². The zero-order valence-corrected chi connectivity index (χ0v) is 12.0. The van der Waals surface area contributed by atoms with Gasteiger partial charge in [0.25, 0.3) is 10.0 Å². The largest absolute Gasteiger partial charge is 0.480 e. The Hall–Kier alpha value is -2.35. The lowest BCUT2D eigenvalue weighted by molar-refractivity contribution is -0.138. The van der Waals surface area contributed by atoms with Crippen LogP contribution >= 0.6 is 0 Å². The molecule has 0 saturated carbocycles. The fourth-order valence-electron chi connectivity index (χ4n) is 2.56. The second-order valence-electron chi connectivity index (χ2n) is 4.78. The van der Waals surface area contributed by atoms with Gasteiger partial charge in [0.1, 0.15) is 6.04 Å². The highest BCUT2D eigenvalue weighted by atomic mass is 32.2. The van der Waals surface area contributed by atoms with E-state index in [1.165, 1.54) is 24.0 Å². The Bertz CT molecular complexity index is 812. The van der Waals surface area contributed by atoms with Gasteiger partial charge in [-0.3, -0.25) is 8.99 Å². The van der Waals surface area contributed by atoms with Crippen molar-refractivity contribution in [3.05, 3.63) is 42.1 Å². The van der Waals surface area contributed by atoms with E-state index in [-0.39, 0.29) is 11.4 Å². The van der Waals surface area contributed by atoms with Crippen LogP contribution in [-0.2, 0) is 28.3 Å². The van der Waals surface area contributed by atoms with Gasteiger partial charge in [0.2, 0.25) is 0 Å². The maximum atomic E-state index is 12.8. The Kier molecular flexibility index (Phi) is 2.98. The fourth-order valence-corrected chi connectivity index (χ4v) is 4.31. The molecule has 21 heavy (non-hydrogen) atoms. The number of carboxylic acids is 1. The first-order chi connectivity index (χ1) is 9.93. The molecule has 7 nitrogen and oxygen atoms in total. The van der Waals surface area contributed by atoms with E-state index in [0.29, 0.717) is 11.3 Å². The van der Waals surface area contributed by atoms with Crippen LogP contribution in [0.2, 0.25) is 0 Å². The maximum Gasteiger partial charge on any atom is 0.327 e. The fraction of sp³-hybridized carbons (Fsp3) is 0.231. The number of para-hydroxylation sites is 1. The second-order valence-corrected chi connectivity index (χ2v) is 6.54. The third-order valence-electron chi connectivity index (χ3n) is 3.51. The Morgan fingerprint density at radius 2 is 2.05 bits per heavy atom. The molecule has 3 rings (SSSR count). The van der Waals surface area contributed by atoms with Gasteiger partial charge in [-0.25, -0.2) is 4.79 Å². The number of carbonyl (C=O) groups is 1. The Balaban J connectivity index is 2.19. The van der Waals surface area contributed by atoms with E-state index in [2.05, 4.69) is 5.10 Å². The van der Waals surface area contributed by atoms with Crippen molar-refractivity contribution in [2.75, 3.05) is 4.31 Å². The van der Waals surface area contributed by atoms with Gasteiger partial charge in [-0.1, -0.05) is 18.2 Å². The zero-order valence-electron chi connectivity index (χ0n) is 11.2. The molecule has 1 aliphatic heterocycles. The Labute approximate surface area is 121 Å². The van der Waals surface area contributed by atoms with Gasteiger partial charge in [0.15, 0.2) is 5.03 Å². The summed E-state index contributed by atoms with van der Waals surface area (Å²) in [4.78, 5) is 11.5. The average Bonchev–Trinajstić information content (AvgIpc) is 3.02. The summed E-state index contributed by atoms with van der Waals surface area (Å²) in [5.41, 5.74) is 1.11. The summed E-state index contributed by atoms with van der Waals surface area (Å²) < 4.78 is 27.8. The maximum absolute atomic E-state index is 12.8. The summed E-state index contributed by atoms with van der Waals surface area (Å²) in [7, 11) is -2.48. The highest BCUT2D eigenvalue weighted by Crippen LogP contribution is 2.36. The first-order valence-corrected chi connectivity index (χ1v) is 7.70. The first-order valence-electron chi connectivity index (χ1n) is 6.26. The standard InChI is InChI=1S/C13H13N3O4S/c1-15-12(6-7-14-15)21(19,20)16-10-5-3-2-4-9(10)8-11(16)13(17)18/h2-7,11H,8H2,1H3,(H,17,18). The molecule has 1 aromatic carbocycles. The minimum Gasteiger partial charge on any atom is -0.480 e. The van der Waals surface area contributed by atoms with Gasteiger partial charge < -0.3 is 5.11 Å². The lowest BCUT2D eigenvalue weighted by Gasteiger charge is -2.24. The number of aryl methyl sites for hydroxylation is 1. The van der Waals surface area contributed by atoms with Crippen LogP contribution in [0.1, 0.15) is 5.56 Å². The summed E-state index contributed by atoms with van der Waals surface area (Å²) in [6.45, 7) is 0. The molecular formula is C13H13N3O4S. The molecule has 1 unspecified atom stereocenters. The third-order valence-corrected chi connectivity index (χ3v) is 5.41. The third kappa shape index (κ3) is 1.99. The van der Waals surface area contributed by atoms with Gasteiger partial charge in [-0.05, 0) is 17.7 Å². The summed E-state index contributed by atoms with van der Waals surface area (Å²) >= 11 is 0. The van der Waals surface area contributed by atoms with Gasteiger partial charge in [-0.2, -0.15) is 13.5 Å². The molecule has 0 bridgehead atoms. The average molecular weight is 307 g/mol. The van der Waals surface area contributed by atoms with E-state index in [4.69, 9.17) is 0 Å². The van der Waals surface area contributed by atoms with Crippen LogP contribution in [0, 0.1) is 0 Å². The summed E-state index contributed by atoms with van der Waals surface area (Å²) in [6.07, 6.45) is 1.52. The highest BCUT2D eigenvalue weighted by Gasteiger charge is 2.43. The zero-order chi connectivity index (χ0) is 15.2. The normalized spacial score (nSPS) is 17.8. The van der Waals surface area contributed by atoms with Gasteiger partial charge in [-0.15, -0.1) is 0 Å². The number of anilines is 1. The molecule has 0 aliphatic carbocycles. The van der Waals surface area contributed by atoms with E-state index in [1.807, 2.05) is 0 Å². The van der Waals surface area contributed by atoms with Crippen molar-refractivity contribution in [3.63, 3.8) is 0 Å². The number of benzene rings is 1. The molecular weight excluding hydrogens is 294 g/mol. The molecule has 1 atom stereocenters. The molecule has 0 radical (unpaired) electrons. The second kappa shape index (κ2) is 4.59. The minimum atomic E-state index is -3.98. The van der Waals surface area contributed by atoms with E-state index in [9.17, 15) is 18.3 Å². The van der Waals surface area contributed by atoms with Gasteiger partial charge in [0.05, 0.1) is 11.9 Å². The number of aromatic nitrogens is 2. The van der Waals surface area contributed by atoms with Crippen LogP contribution in [-0.4, -0.2) is 35.3 Å². The summed E-state index contributed by atoms with van der Waals surface area (Å²) in [6, 6.07) is 7.03. The van der Waals surface area contributed by atoms with E-state index < -0.39 is 22.0 Å². The SMILES string of the molecule is Cn1nccc1S(=O)(=O)N1c2ccccc2CC1C(=O)O. The van der Waals surface area contributed by atoms with Crippen molar-refractivity contribution < 1.29 is 18.3 Å². The highest BCUT2D eigenvalue weighted by molar-refractivity contribution is 7.92. The molecule has 0 amide bonds. The number of carboxylic acid groups (broad SMARTS) is 1. The summed E-state index contributed by atoms with van der Waals surface area (Å²) in [5.74, 6) is -1.17. The molecule has 1 aliphatic rings. The smallest absolute Gasteiger partial charge is 0.327 e. The number of rotatable bonds is 3. The Morgan fingerprint density at radius 1 is 1.33 bits per heavy atom. The van der Waals surface area contributed by atoms with Crippen LogP contribution in [0.25, 0.3) is 0 Å². The minimum absolute atomic E-state index is 0.0366. The van der Waals surface area contributed by atoms with Crippen LogP contribution in [0.4, 0.5) is 5.69 Å². The molecule has 1 N–H and O–H groups in total. The van der Waals surface area contributed by atoms with E-state index in [1.54, 1.807) is 24.3 Å². The molecule has 110 valence electrons. The predicted octanol–water partition coefficient (Wildman–Crippen LogP) is 0.625. The molecule has 1 aromatic heterocycles. The number of aliphatic carboxylic acids is 1. The van der Waals surface area contributed by atoms with Gasteiger partial charge in [0, 0.05) is 13.5 Å². The van der Waals surface area contributed by atoms with Crippen LogP contribution in [0.15, 0.2) is 41.6 Å². The van der Waals surface area contributed by atoms with Crippen molar-refractivity contribution in [2.45, 2.75) is 17.5 Å². The molecule has 0 saturated heterocycles. The number of nitrogens with zero attached hydrogens (tertiary/aromatic N) is 3. The molecule has 2 heterocycles. The molecule has 2 aromatic rings. The summed E-state index contributed by atoms with van der Waals surface area (Å²) in [5, 5.41) is 13.2. The monoisotopic (exact) mass is 307 g/mol. The van der Waals surface area contributed by atoms with E-state index in [0.717, 1.165) is 4.31 Å². The number of sulfonamides is 1. The van der Waals surface area contributed by atoms with E-state index >= 15 is 0 Å². The van der Waals surface area contributed by atoms with Crippen LogP contribution < -0.4 is 4.31 Å². The first kappa shape index (κ1) is 13.6. The topological polar surface area (TPSA) is 92.5 Å².